The summed E-state index contributed by atoms with van der Waals surface area (Å²) in [5, 5.41) is 5.63. The first-order valence-corrected chi connectivity index (χ1v) is 8.48. The van der Waals surface area contributed by atoms with E-state index >= 15 is 0 Å². The predicted octanol–water partition coefficient (Wildman–Crippen LogP) is 3.55. The van der Waals surface area contributed by atoms with E-state index in [2.05, 4.69) is 21.9 Å². The van der Waals surface area contributed by atoms with Crippen molar-refractivity contribution in [3.8, 4) is 5.75 Å². The van der Waals surface area contributed by atoms with E-state index in [1.54, 1.807) is 42.5 Å². The molecule has 0 fully saturated rings. The second-order valence-electron chi connectivity index (χ2n) is 5.75. The van der Waals surface area contributed by atoms with Crippen LogP contribution in [0.3, 0.4) is 0 Å². The highest BCUT2D eigenvalue weighted by Gasteiger charge is 2.12. The third kappa shape index (κ3) is 6.23. The van der Waals surface area contributed by atoms with Gasteiger partial charge in [0.25, 0.3) is 5.91 Å². The van der Waals surface area contributed by atoms with E-state index in [-0.39, 0.29) is 10.7 Å². The molecule has 2 rings (SSSR count). The zero-order valence-electron chi connectivity index (χ0n) is 15.1. The fourth-order valence-electron chi connectivity index (χ4n) is 2.08. The normalized spacial score (nSPS) is 9.85. The predicted molar refractivity (Wildman–Crippen MR) is 108 cm³/mol. The van der Waals surface area contributed by atoms with E-state index in [0.717, 1.165) is 5.57 Å². The van der Waals surface area contributed by atoms with Crippen molar-refractivity contribution < 1.29 is 19.1 Å². The molecular weight excluding hydrogens is 364 g/mol. The van der Waals surface area contributed by atoms with Crippen LogP contribution in [0, 0.1) is 0 Å². The first-order valence-electron chi connectivity index (χ1n) is 8.07. The number of benzene rings is 2. The van der Waals surface area contributed by atoms with Crippen LogP contribution in [0.15, 0.2) is 60.7 Å². The highest BCUT2D eigenvalue weighted by molar-refractivity contribution is 7.80. The molecule has 0 saturated heterocycles. The molecule has 0 atom stereocenters. The van der Waals surface area contributed by atoms with Crippen LogP contribution in [0.1, 0.15) is 27.6 Å². The molecule has 0 heterocycles. The zero-order valence-corrected chi connectivity index (χ0v) is 15.9. The van der Waals surface area contributed by atoms with Crippen LogP contribution in [-0.4, -0.2) is 30.7 Å². The number of esters is 1. The van der Waals surface area contributed by atoms with Gasteiger partial charge in [0.15, 0.2) is 5.11 Å². The number of carbonyl (C=O) groups is 2. The number of thiocarbonyl (C=S) groups is 1. The van der Waals surface area contributed by atoms with Crippen molar-refractivity contribution in [1.29, 1.82) is 0 Å². The van der Waals surface area contributed by atoms with Crippen LogP contribution >= 0.6 is 12.2 Å². The van der Waals surface area contributed by atoms with E-state index < -0.39 is 11.9 Å². The summed E-state index contributed by atoms with van der Waals surface area (Å²) in [6.45, 7) is 6.12. The fourth-order valence-corrected chi connectivity index (χ4v) is 2.29. The van der Waals surface area contributed by atoms with E-state index in [9.17, 15) is 9.59 Å². The van der Waals surface area contributed by atoms with Gasteiger partial charge in [-0.05, 0) is 67.2 Å². The number of hydrogen-bond donors (Lipinski definition) is 2. The first kappa shape index (κ1) is 20.1. The minimum Gasteiger partial charge on any atom is -0.489 e. The number of rotatable bonds is 6. The number of hydrogen-bond acceptors (Lipinski definition) is 5. The van der Waals surface area contributed by atoms with Gasteiger partial charge < -0.3 is 14.8 Å². The van der Waals surface area contributed by atoms with Crippen LogP contribution < -0.4 is 15.4 Å². The van der Waals surface area contributed by atoms with Crippen LogP contribution in [-0.2, 0) is 4.74 Å². The number of carbonyl (C=O) groups excluding carboxylic acids is 2. The molecule has 27 heavy (non-hydrogen) atoms. The molecule has 0 aliphatic carbocycles. The topological polar surface area (TPSA) is 76.7 Å². The highest BCUT2D eigenvalue weighted by Crippen LogP contribution is 2.16. The van der Waals surface area contributed by atoms with Crippen LogP contribution in [0.4, 0.5) is 5.69 Å². The Balaban J connectivity index is 1.94. The van der Waals surface area contributed by atoms with Crippen LogP contribution in [0.2, 0.25) is 0 Å². The summed E-state index contributed by atoms with van der Waals surface area (Å²) < 4.78 is 10.2. The van der Waals surface area contributed by atoms with Crippen molar-refractivity contribution in [2.24, 2.45) is 0 Å². The van der Waals surface area contributed by atoms with Crippen molar-refractivity contribution in [1.82, 2.24) is 5.32 Å². The van der Waals surface area contributed by atoms with Gasteiger partial charge in [0.05, 0.1) is 12.7 Å². The first-order chi connectivity index (χ1) is 12.9. The van der Waals surface area contributed by atoms with Crippen molar-refractivity contribution in [3.63, 3.8) is 0 Å². The van der Waals surface area contributed by atoms with Crippen molar-refractivity contribution >= 4 is 34.9 Å². The zero-order chi connectivity index (χ0) is 19.8. The molecule has 0 aromatic heterocycles. The molecule has 0 saturated carbocycles. The maximum Gasteiger partial charge on any atom is 0.337 e. The van der Waals surface area contributed by atoms with Crippen molar-refractivity contribution in [3.05, 3.63) is 71.8 Å². The largest absolute Gasteiger partial charge is 0.489 e. The lowest BCUT2D eigenvalue weighted by atomic mass is 10.1. The molecule has 140 valence electrons. The van der Waals surface area contributed by atoms with E-state index in [1.807, 2.05) is 6.92 Å². The molecule has 1 amide bonds. The summed E-state index contributed by atoms with van der Waals surface area (Å²) in [5.41, 5.74) is 2.21. The van der Waals surface area contributed by atoms with E-state index in [0.29, 0.717) is 23.6 Å². The molecule has 2 aromatic carbocycles. The summed E-state index contributed by atoms with van der Waals surface area (Å²) in [6.07, 6.45) is 0. The van der Waals surface area contributed by atoms with Crippen LogP contribution in [0.25, 0.3) is 0 Å². The number of anilines is 1. The molecule has 2 N–H and O–H groups in total. The Hall–Kier alpha value is -3.19. The minimum absolute atomic E-state index is 0.138. The maximum atomic E-state index is 12.3. The van der Waals surface area contributed by atoms with Gasteiger partial charge in [-0.15, -0.1) is 0 Å². The number of nitrogens with one attached hydrogen (secondary N) is 2. The highest BCUT2D eigenvalue weighted by atomic mass is 32.1. The average Bonchev–Trinajstić information content (AvgIpc) is 2.66. The van der Waals surface area contributed by atoms with Gasteiger partial charge in [0, 0.05) is 11.3 Å². The molecule has 0 aliphatic heterocycles. The van der Waals surface area contributed by atoms with Crippen molar-refractivity contribution in [2.45, 2.75) is 6.92 Å². The molecule has 0 unspecified atom stereocenters. The fraction of sp³-hybridized carbons (Fsp3) is 0.150. The standard InChI is InChI=1S/C20H20N2O4S/c1-13(2)12-26-17-9-7-16(8-10-17)21-20(27)22-18(23)14-5-4-6-15(11-14)19(24)25-3/h4-11H,1,12H2,2-3H3,(H2,21,22,23,27). The molecule has 6 nitrogen and oxygen atoms in total. The maximum absolute atomic E-state index is 12.3. The Bertz CT molecular complexity index is 863. The lowest BCUT2D eigenvalue weighted by Gasteiger charge is -2.11. The Morgan fingerprint density at radius 2 is 1.78 bits per heavy atom. The number of methoxy groups -OCH3 is 1. The SMILES string of the molecule is C=C(C)COc1ccc(NC(=S)NC(=O)c2cccc(C(=O)OC)c2)cc1. The van der Waals surface area contributed by atoms with Crippen molar-refractivity contribution in [2.75, 3.05) is 19.0 Å². The van der Waals surface area contributed by atoms with Gasteiger partial charge in [0.1, 0.15) is 12.4 Å². The molecule has 0 aliphatic rings. The summed E-state index contributed by atoms with van der Waals surface area (Å²) >= 11 is 5.16. The molecule has 0 spiro atoms. The molecular formula is C20H20N2O4S. The second-order valence-corrected chi connectivity index (χ2v) is 6.16. The lowest BCUT2D eigenvalue weighted by Crippen LogP contribution is -2.34. The van der Waals surface area contributed by atoms with Gasteiger partial charge >= 0.3 is 5.97 Å². The monoisotopic (exact) mass is 384 g/mol. The van der Waals surface area contributed by atoms with Gasteiger partial charge in [0.2, 0.25) is 0 Å². The lowest BCUT2D eigenvalue weighted by molar-refractivity contribution is 0.0600. The summed E-state index contributed by atoms with van der Waals surface area (Å²) in [6, 6.07) is 13.3. The third-order valence-corrected chi connectivity index (χ3v) is 3.57. The minimum atomic E-state index is -0.515. The van der Waals surface area contributed by atoms with Gasteiger partial charge in [-0.25, -0.2) is 4.79 Å². The van der Waals surface area contributed by atoms with E-state index in [4.69, 9.17) is 17.0 Å². The second kappa shape index (κ2) is 9.49. The summed E-state index contributed by atoms with van der Waals surface area (Å²) in [7, 11) is 1.28. The number of ether oxygens (including phenoxy) is 2. The quantitative estimate of drug-likeness (QED) is 0.451. The summed E-state index contributed by atoms with van der Waals surface area (Å²) in [5.74, 6) is -0.239. The number of amides is 1. The van der Waals surface area contributed by atoms with E-state index in [1.165, 1.54) is 13.2 Å². The Morgan fingerprint density at radius 1 is 1.11 bits per heavy atom. The average molecular weight is 384 g/mol. The molecule has 2 aromatic rings. The van der Waals surface area contributed by atoms with Gasteiger partial charge in [-0.3, -0.25) is 10.1 Å². The van der Waals surface area contributed by atoms with Crippen LogP contribution in [0.5, 0.6) is 5.75 Å². The molecule has 7 heteroatoms. The third-order valence-electron chi connectivity index (χ3n) is 3.37. The Morgan fingerprint density at radius 3 is 2.41 bits per heavy atom. The van der Waals surface area contributed by atoms with Gasteiger partial charge in [-0.1, -0.05) is 12.6 Å². The Labute approximate surface area is 163 Å². The van der Waals surface area contributed by atoms with Gasteiger partial charge in [-0.2, -0.15) is 0 Å². The Kier molecular flexibility index (Phi) is 7.08. The molecule has 0 radical (unpaired) electrons. The summed E-state index contributed by atoms with van der Waals surface area (Å²) in [4.78, 5) is 23.8. The smallest absolute Gasteiger partial charge is 0.337 e. The molecule has 0 bridgehead atoms.